The zero-order chi connectivity index (χ0) is 15.4. The lowest BCUT2D eigenvalue weighted by Crippen LogP contribution is -2.09. The van der Waals surface area contributed by atoms with Crippen LogP contribution in [0.1, 0.15) is 11.3 Å². The van der Waals surface area contributed by atoms with E-state index in [1.165, 1.54) is 17.1 Å². The molecule has 0 bridgehead atoms. The Morgan fingerprint density at radius 3 is 2.95 bits per heavy atom. The van der Waals surface area contributed by atoms with Gasteiger partial charge in [0.15, 0.2) is 0 Å². The van der Waals surface area contributed by atoms with Crippen LogP contribution in [0, 0.1) is 17.0 Å². The minimum Gasteiger partial charge on any atom is -0.480 e. The van der Waals surface area contributed by atoms with E-state index in [2.05, 4.69) is 20.6 Å². The fourth-order valence-electron chi connectivity index (χ4n) is 1.65. The Morgan fingerprint density at radius 1 is 1.57 bits per heavy atom. The number of carbonyl (C=O) groups is 1. The molecule has 0 aliphatic carbocycles. The van der Waals surface area contributed by atoms with Gasteiger partial charge in [0, 0.05) is 5.56 Å². The molecule has 0 atom stereocenters. The Balaban J connectivity index is 1.99. The summed E-state index contributed by atoms with van der Waals surface area (Å²) in [5.74, 6) is -0.544. The van der Waals surface area contributed by atoms with E-state index in [0.29, 0.717) is 17.1 Å². The maximum atomic E-state index is 10.7. The summed E-state index contributed by atoms with van der Waals surface area (Å²) in [5, 5.41) is 29.7. The minimum absolute atomic E-state index is 0.0482. The second-order valence-electron chi connectivity index (χ2n) is 4.27. The van der Waals surface area contributed by atoms with Gasteiger partial charge in [-0.25, -0.2) is 9.67 Å². The van der Waals surface area contributed by atoms with Crippen molar-refractivity contribution in [2.75, 3.05) is 5.32 Å². The molecule has 0 amide bonds. The van der Waals surface area contributed by atoms with Gasteiger partial charge in [0.05, 0.1) is 17.7 Å². The van der Waals surface area contributed by atoms with Gasteiger partial charge in [0.2, 0.25) is 0 Å². The molecule has 2 aromatic rings. The van der Waals surface area contributed by atoms with E-state index in [-0.39, 0.29) is 18.8 Å². The first-order chi connectivity index (χ1) is 9.95. The van der Waals surface area contributed by atoms with Gasteiger partial charge in [0.25, 0.3) is 5.69 Å². The standard InChI is InChI=1S/C11H12N6O4/c1-7-2-10(13-4-9(7)17(20)21)12-3-8-5-16(15-14-8)6-11(18)19/h2,4-5H,3,6H2,1H3,(H,12,13)(H,18,19). The third-order valence-corrected chi connectivity index (χ3v) is 2.61. The van der Waals surface area contributed by atoms with E-state index in [1.54, 1.807) is 13.0 Å². The quantitative estimate of drug-likeness (QED) is 0.583. The van der Waals surface area contributed by atoms with Gasteiger partial charge in [-0.05, 0) is 13.0 Å². The van der Waals surface area contributed by atoms with Gasteiger partial charge in [0.1, 0.15) is 24.3 Å². The van der Waals surface area contributed by atoms with Crippen molar-refractivity contribution >= 4 is 17.5 Å². The van der Waals surface area contributed by atoms with E-state index < -0.39 is 10.9 Å². The number of pyridine rings is 1. The van der Waals surface area contributed by atoms with Gasteiger partial charge in [-0.2, -0.15) is 0 Å². The smallest absolute Gasteiger partial charge is 0.325 e. The summed E-state index contributed by atoms with van der Waals surface area (Å²) < 4.78 is 1.20. The molecule has 2 aromatic heterocycles. The first-order valence-electron chi connectivity index (χ1n) is 5.91. The molecule has 21 heavy (non-hydrogen) atoms. The van der Waals surface area contributed by atoms with Crippen LogP contribution in [0.3, 0.4) is 0 Å². The Labute approximate surface area is 118 Å². The largest absolute Gasteiger partial charge is 0.480 e. The average Bonchev–Trinajstić information content (AvgIpc) is 2.82. The molecule has 0 aromatic carbocycles. The number of aromatic nitrogens is 4. The molecule has 0 aliphatic rings. The first-order valence-corrected chi connectivity index (χ1v) is 5.91. The SMILES string of the molecule is Cc1cc(NCc2cn(CC(=O)O)nn2)ncc1[N+](=O)[O-]. The topological polar surface area (TPSA) is 136 Å². The number of aliphatic carboxylic acids is 1. The van der Waals surface area contributed by atoms with E-state index >= 15 is 0 Å². The summed E-state index contributed by atoms with van der Waals surface area (Å²) >= 11 is 0. The monoisotopic (exact) mass is 292 g/mol. The van der Waals surface area contributed by atoms with Gasteiger partial charge < -0.3 is 10.4 Å². The summed E-state index contributed by atoms with van der Waals surface area (Å²) in [7, 11) is 0. The number of carboxylic acid groups (broad SMARTS) is 1. The van der Waals surface area contributed by atoms with Crippen LogP contribution in [0.4, 0.5) is 11.5 Å². The zero-order valence-electron chi connectivity index (χ0n) is 11.1. The normalized spacial score (nSPS) is 10.3. The number of rotatable bonds is 6. The molecule has 2 heterocycles. The second kappa shape index (κ2) is 5.94. The van der Waals surface area contributed by atoms with Crippen LogP contribution < -0.4 is 5.32 Å². The van der Waals surface area contributed by atoms with Crippen LogP contribution in [0.15, 0.2) is 18.5 Å². The van der Waals surface area contributed by atoms with Crippen LogP contribution in [0.25, 0.3) is 0 Å². The predicted molar refractivity (Wildman–Crippen MR) is 70.6 cm³/mol. The van der Waals surface area contributed by atoms with E-state index in [1.807, 2.05) is 0 Å². The minimum atomic E-state index is -1.01. The maximum absolute atomic E-state index is 10.7. The molecule has 2 N–H and O–H groups in total. The van der Waals surface area contributed by atoms with E-state index in [4.69, 9.17) is 5.11 Å². The highest BCUT2D eigenvalue weighted by Crippen LogP contribution is 2.18. The highest BCUT2D eigenvalue weighted by molar-refractivity contribution is 5.66. The number of hydrogen-bond donors (Lipinski definition) is 2. The highest BCUT2D eigenvalue weighted by Gasteiger charge is 2.11. The Bertz CT molecular complexity index is 683. The summed E-state index contributed by atoms with van der Waals surface area (Å²) in [6.45, 7) is 1.64. The molecule has 10 nitrogen and oxygen atoms in total. The third kappa shape index (κ3) is 3.72. The molecule has 0 saturated carbocycles. The van der Waals surface area contributed by atoms with Crippen molar-refractivity contribution in [2.24, 2.45) is 0 Å². The molecular formula is C11H12N6O4. The number of hydrogen-bond acceptors (Lipinski definition) is 7. The lowest BCUT2D eigenvalue weighted by Gasteiger charge is -2.04. The average molecular weight is 292 g/mol. The van der Waals surface area contributed by atoms with E-state index in [0.717, 1.165) is 0 Å². The molecule has 2 rings (SSSR count). The maximum Gasteiger partial charge on any atom is 0.325 e. The number of nitrogens with one attached hydrogen (secondary N) is 1. The van der Waals surface area contributed by atoms with Crippen molar-refractivity contribution in [2.45, 2.75) is 20.0 Å². The molecule has 0 saturated heterocycles. The number of carboxylic acids is 1. The van der Waals surface area contributed by atoms with Crippen LogP contribution in [0.5, 0.6) is 0 Å². The summed E-state index contributed by atoms with van der Waals surface area (Å²) in [5.41, 5.74) is 0.981. The molecule has 0 aliphatic heterocycles. The molecule has 0 spiro atoms. The van der Waals surface area contributed by atoms with Gasteiger partial charge in [-0.1, -0.05) is 5.21 Å². The van der Waals surface area contributed by atoms with Gasteiger partial charge >= 0.3 is 5.97 Å². The van der Waals surface area contributed by atoms with Crippen LogP contribution in [-0.2, 0) is 17.9 Å². The van der Waals surface area contributed by atoms with E-state index in [9.17, 15) is 14.9 Å². The van der Waals surface area contributed by atoms with Crippen molar-refractivity contribution in [3.8, 4) is 0 Å². The Kier molecular flexibility index (Phi) is 4.07. The van der Waals surface area contributed by atoms with Gasteiger partial charge in [-0.15, -0.1) is 5.10 Å². The zero-order valence-corrected chi connectivity index (χ0v) is 11.1. The molecule has 10 heteroatoms. The third-order valence-electron chi connectivity index (χ3n) is 2.61. The molecule has 110 valence electrons. The lowest BCUT2D eigenvalue weighted by atomic mass is 10.2. The van der Waals surface area contributed by atoms with Crippen LogP contribution in [-0.4, -0.2) is 36.0 Å². The highest BCUT2D eigenvalue weighted by atomic mass is 16.6. The van der Waals surface area contributed by atoms with Crippen molar-refractivity contribution in [1.29, 1.82) is 0 Å². The van der Waals surface area contributed by atoms with Crippen LogP contribution >= 0.6 is 0 Å². The fourth-order valence-corrected chi connectivity index (χ4v) is 1.65. The predicted octanol–water partition coefficient (Wildman–Crippen LogP) is 0.586. The number of aryl methyl sites for hydroxylation is 1. The van der Waals surface area contributed by atoms with Gasteiger partial charge in [-0.3, -0.25) is 14.9 Å². The first kappa shape index (κ1) is 14.4. The number of anilines is 1. The number of nitro groups is 1. The summed E-state index contributed by atoms with van der Waals surface area (Å²) in [6, 6.07) is 1.56. The Morgan fingerprint density at radius 2 is 2.33 bits per heavy atom. The van der Waals surface area contributed by atoms with Crippen molar-refractivity contribution in [1.82, 2.24) is 20.0 Å². The molecule has 0 radical (unpaired) electrons. The van der Waals surface area contributed by atoms with Crippen molar-refractivity contribution in [3.63, 3.8) is 0 Å². The summed E-state index contributed by atoms with van der Waals surface area (Å²) in [4.78, 5) is 24.6. The fraction of sp³-hybridized carbons (Fsp3) is 0.273. The van der Waals surface area contributed by atoms with Crippen molar-refractivity contribution in [3.05, 3.63) is 39.8 Å². The molecular weight excluding hydrogens is 280 g/mol. The summed E-state index contributed by atoms with van der Waals surface area (Å²) in [6.07, 6.45) is 2.68. The van der Waals surface area contributed by atoms with Crippen LogP contribution in [0.2, 0.25) is 0 Å². The second-order valence-corrected chi connectivity index (χ2v) is 4.27. The number of nitrogens with zero attached hydrogens (tertiary/aromatic N) is 5. The molecule has 0 fully saturated rings. The Hall–Kier alpha value is -3.04. The lowest BCUT2D eigenvalue weighted by molar-refractivity contribution is -0.385. The molecule has 0 unspecified atom stereocenters. The van der Waals surface area contributed by atoms with Crippen molar-refractivity contribution < 1.29 is 14.8 Å².